The average molecular weight is 408 g/mol. The Kier molecular flexibility index (Phi) is 4.14. The molecular weight excluding hydrogens is 383 g/mol. The van der Waals surface area contributed by atoms with Gasteiger partial charge in [-0.3, -0.25) is 4.52 Å². The van der Waals surface area contributed by atoms with Crippen LogP contribution in [0.5, 0.6) is 11.5 Å². The van der Waals surface area contributed by atoms with Crippen molar-refractivity contribution in [1.82, 2.24) is 0 Å². The Labute approximate surface area is 171 Å². The topological polar surface area (TPSA) is 44.8 Å². The molecular formula is C24H25O4P. The smallest absolute Gasteiger partial charge is 0.395 e. The number of fused-ring (bicyclic) bond motifs is 9. The minimum atomic E-state index is -3.81. The summed E-state index contributed by atoms with van der Waals surface area (Å²) in [4.78, 5) is 0. The molecule has 0 amide bonds. The molecule has 29 heavy (non-hydrogen) atoms. The number of para-hydroxylation sites is 2. The molecule has 4 bridgehead atoms. The first-order valence-electron chi connectivity index (χ1n) is 10.6. The summed E-state index contributed by atoms with van der Waals surface area (Å²) < 4.78 is 31.7. The van der Waals surface area contributed by atoms with Crippen molar-refractivity contribution in [2.45, 2.75) is 25.4 Å². The maximum absolute atomic E-state index is 13.8. The molecule has 6 rings (SSSR count). The summed E-state index contributed by atoms with van der Waals surface area (Å²) >= 11 is 0. The van der Waals surface area contributed by atoms with Crippen molar-refractivity contribution in [3.8, 4) is 11.5 Å². The zero-order valence-corrected chi connectivity index (χ0v) is 17.1. The minimum absolute atomic E-state index is 0.0627. The van der Waals surface area contributed by atoms with Crippen molar-refractivity contribution in [2.24, 2.45) is 35.5 Å². The van der Waals surface area contributed by atoms with Gasteiger partial charge in [-0.15, -0.1) is 0 Å². The maximum atomic E-state index is 13.8. The molecule has 2 aromatic rings. The quantitative estimate of drug-likeness (QED) is 0.328. The number of phosphoric ester groups is 1. The molecule has 150 valence electrons. The number of hydrogen-bond donors (Lipinski definition) is 0. The first-order valence-corrected chi connectivity index (χ1v) is 12.1. The van der Waals surface area contributed by atoms with Gasteiger partial charge in [0.25, 0.3) is 0 Å². The van der Waals surface area contributed by atoms with Gasteiger partial charge in [-0.2, -0.15) is 0 Å². The second-order valence-corrected chi connectivity index (χ2v) is 10.4. The van der Waals surface area contributed by atoms with Crippen LogP contribution in [0.25, 0.3) is 0 Å². The largest absolute Gasteiger partial charge is 0.587 e. The number of benzene rings is 2. The van der Waals surface area contributed by atoms with Crippen molar-refractivity contribution in [1.29, 1.82) is 0 Å². The first kappa shape index (κ1) is 17.8. The first-order chi connectivity index (χ1) is 14.2. The summed E-state index contributed by atoms with van der Waals surface area (Å²) in [6, 6.07) is 18.3. The molecule has 3 fully saturated rings. The standard InChI is InChI=1S/C24H25O4P/c25-29(26-19-7-3-1-4-8-19,27-20-9-5-2-6-10-20)28-22-15-18-14-21(22)24-17-12-11-16(13-17)23(18)24/h1-12,16-18,21-24H,13-15H2. The highest BCUT2D eigenvalue weighted by Gasteiger charge is 2.62. The summed E-state index contributed by atoms with van der Waals surface area (Å²) in [6.45, 7) is 0. The van der Waals surface area contributed by atoms with Crippen LogP contribution in [0.4, 0.5) is 0 Å². The average Bonchev–Trinajstić information content (AvgIpc) is 3.49. The van der Waals surface area contributed by atoms with Crippen LogP contribution in [-0.4, -0.2) is 6.10 Å². The summed E-state index contributed by atoms with van der Waals surface area (Å²) in [6.07, 6.45) is 8.23. The molecule has 4 aliphatic carbocycles. The molecule has 7 unspecified atom stereocenters. The Hall–Kier alpha value is -2.03. The molecule has 0 heterocycles. The summed E-state index contributed by atoms with van der Waals surface area (Å²) in [5.41, 5.74) is 0. The monoisotopic (exact) mass is 408 g/mol. The fourth-order valence-corrected chi connectivity index (χ4v) is 7.98. The van der Waals surface area contributed by atoms with Gasteiger partial charge in [0, 0.05) is 0 Å². The molecule has 4 aliphatic rings. The van der Waals surface area contributed by atoms with Crippen LogP contribution in [0, 0.1) is 35.5 Å². The van der Waals surface area contributed by atoms with Gasteiger partial charge in [-0.05, 0) is 79.0 Å². The van der Waals surface area contributed by atoms with E-state index >= 15 is 0 Å². The molecule has 3 saturated carbocycles. The normalized spacial score (nSPS) is 36.3. The second-order valence-electron chi connectivity index (χ2n) is 8.90. The number of rotatable bonds is 6. The van der Waals surface area contributed by atoms with Crippen LogP contribution in [0.2, 0.25) is 0 Å². The van der Waals surface area contributed by atoms with E-state index < -0.39 is 7.82 Å². The molecule has 0 aromatic heterocycles. The highest BCUT2D eigenvalue weighted by molar-refractivity contribution is 7.49. The Balaban J connectivity index is 1.26. The Morgan fingerprint density at radius 1 is 0.724 bits per heavy atom. The van der Waals surface area contributed by atoms with E-state index in [0.29, 0.717) is 35.2 Å². The van der Waals surface area contributed by atoms with Crippen LogP contribution in [0.1, 0.15) is 19.3 Å². The number of allylic oxidation sites excluding steroid dienone is 2. The third-order valence-corrected chi connectivity index (χ3v) is 8.79. The van der Waals surface area contributed by atoms with Crippen LogP contribution in [0.3, 0.4) is 0 Å². The lowest BCUT2D eigenvalue weighted by Crippen LogP contribution is -2.35. The molecule has 4 nitrogen and oxygen atoms in total. The lowest BCUT2D eigenvalue weighted by Gasteiger charge is -2.37. The van der Waals surface area contributed by atoms with Gasteiger partial charge in [0.2, 0.25) is 0 Å². The Morgan fingerprint density at radius 3 is 1.93 bits per heavy atom. The molecule has 5 heteroatoms. The fourth-order valence-electron chi connectivity index (χ4n) is 6.53. The number of hydrogen-bond acceptors (Lipinski definition) is 4. The number of phosphoric acid groups is 1. The van der Waals surface area contributed by atoms with Gasteiger partial charge >= 0.3 is 7.82 Å². The highest BCUT2D eigenvalue weighted by atomic mass is 31.2. The molecule has 0 N–H and O–H groups in total. The highest BCUT2D eigenvalue weighted by Crippen LogP contribution is 2.67. The predicted molar refractivity (Wildman–Crippen MR) is 111 cm³/mol. The summed E-state index contributed by atoms with van der Waals surface area (Å²) in [5, 5.41) is 0. The molecule has 0 spiro atoms. The van der Waals surface area contributed by atoms with Gasteiger partial charge in [0.1, 0.15) is 11.5 Å². The maximum Gasteiger partial charge on any atom is 0.587 e. The Morgan fingerprint density at radius 2 is 1.31 bits per heavy atom. The second kappa shape index (κ2) is 6.75. The van der Waals surface area contributed by atoms with Gasteiger partial charge < -0.3 is 9.05 Å². The van der Waals surface area contributed by atoms with Crippen molar-refractivity contribution < 1.29 is 18.1 Å². The van der Waals surface area contributed by atoms with E-state index in [2.05, 4.69) is 12.2 Å². The van der Waals surface area contributed by atoms with E-state index in [1.54, 1.807) is 24.3 Å². The third kappa shape index (κ3) is 3.05. The summed E-state index contributed by atoms with van der Waals surface area (Å²) in [5.74, 6) is 5.04. The third-order valence-electron chi connectivity index (χ3n) is 7.39. The van der Waals surface area contributed by atoms with E-state index in [0.717, 1.165) is 18.3 Å². The van der Waals surface area contributed by atoms with Crippen LogP contribution >= 0.6 is 7.82 Å². The van der Waals surface area contributed by atoms with E-state index in [4.69, 9.17) is 13.6 Å². The Bertz CT molecular complexity index is 914. The van der Waals surface area contributed by atoms with Crippen molar-refractivity contribution in [3.05, 3.63) is 72.8 Å². The SMILES string of the molecule is O=P(Oc1ccccc1)(Oc1ccccc1)OC1CC2CC1C1C3C=CC(C3)C21. The zero-order valence-electron chi connectivity index (χ0n) is 16.2. The predicted octanol–water partition coefficient (Wildman–Crippen LogP) is 6.12. The molecule has 0 saturated heterocycles. The van der Waals surface area contributed by atoms with Crippen molar-refractivity contribution in [2.75, 3.05) is 0 Å². The lowest BCUT2D eigenvalue weighted by molar-refractivity contribution is 0.0464. The van der Waals surface area contributed by atoms with E-state index in [-0.39, 0.29) is 6.10 Å². The van der Waals surface area contributed by atoms with Gasteiger partial charge in [0.15, 0.2) is 0 Å². The van der Waals surface area contributed by atoms with E-state index in [1.807, 2.05) is 36.4 Å². The van der Waals surface area contributed by atoms with Crippen molar-refractivity contribution in [3.63, 3.8) is 0 Å². The fraction of sp³-hybridized carbons (Fsp3) is 0.417. The van der Waals surface area contributed by atoms with E-state index in [1.165, 1.54) is 12.8 Å². The van der Waals surface area contributed by atoms with Crippen LogP contribution < -0.4 is 9.05 Å². The summed E-state index contributed by atoms with van der Waals surface area (Å²) in [7, 11) is -3.81. The lowest BCUT2D eigenvalue weighted by atomic mass is 9.72. The van der Waals surface area contributed by atoms with E-state index in [9.17, 15) is 4.57 Å². The minimum Gasteiger partial charge on any atom is -0.395 e. The van der Waals surface area contributed by atoms with Crippen molar-refractivity contribution >= 4 is 7.82 Å². The zero-order chi connectivity index (χ0) is 19.4. The van der Waals surface area contributed by atoms with Crippen LogP contribution in [0.15, 0.2) is 72.8 Å². The molecule has 0 radical (unpaired) electrons. The molecule has 0 aliphatic heterocycles. The van der Waals surface area contributed by atoms with Gasteiger partial charge in [-0.25, -0.2) is 4.57 Å². The molecule has 7 atom stereocenters. The van der Waals surface area contributed by atoms with Gasteiger partial charge in [0.05, 0.1) is 6.10 Å². The molecule has 2 aromatic carbocycles. The van der Waals surface area contributed by atoms with Crippen LogP contribution in [-0.2, 0) is 9.09 Å². The van der Waals surface area contributed by atoms with Gasteiger partial charge in [-0.1, -0.05) is 48.6 Å².